The van der Waals surface area contributed by atoms with Crippen molar-refractivity contribution < 1.29 is 4.79 Å². The summed E-state index contributed by atoms with van der Waals surface area (Å²) in [5, 5.41) is 7.00. The van der Waals surface area contributed by atoms with Gasteiger partial charge in [0, 0.05) is 12.4 Å². The Labute approximate surface area is 94.0 Å². The smallest absolute Gasteiger partial charge is 0.257 e. The van der Waals surface area contributed by atoms with Crippen LogP contribution in [-0.2, 0) is 4.79 Å². The first-order valence-electron chi connectivity index (χ1n) is 5.32. The molecule has 1 saturated heterocycles. The average Bonchev–Trinajstić information content (AvgIpc) is 2.84. The van der Waals surface area contributed by atoms with Crippen molar-refractivity contribution in [3.8, 4) is 0 Å². The van der Waals surface area contributed by atoms with E-state index >= 15 is 0 Å². The molecule has 0 aromatic carbocycles. The summed E-state index contributed by atoms with van der Waals surface area (Å²) < 4.78 is 0. The molecule has 0 radical (unpaired) electrons. The SMILES string of the molecule is O=C(NN=Cc1ccncc1)C1CCCN1. The van der Waals surface area contributed by atoms with Crippen LogP contribution in [0.25, 0.3) is 0 Å². The van der Waals surface area contributed by atoms with Crippen molar-refractivity contribution in [2.75, 3.05) is 6.54 Å². The van der Waals surface area contributed by atoms with Gasteiger partial charge in [-0.25, -0.2) is 5.43 Å². The van der Waals surface area contributed by atoms with Gasteiger partial charge in [0.25, 0.3) is 5.91 Å². The number of pyridine rings is 1. The van der Waals surface area contributed by atoms with Crippen LogP contribution < -0.4 is 10.7 Å². The summed E-state index contributed by atoms with van der Waals surface area (Å²) in [5.74, 6) is -0.0668. The highest BCUT2D eigenvalue weighted by atomic mass is 16.2. The molecule has 84 valence electrons. The zero-order chi connectivity index (χ0) is 11.2. The van der Waals surface area contributed by atoms with E-state index in [4.69, 9.17) is 0 Å². The van der Waals surface area contributed by atoms with Gasteiger partial charge in [0.05, 0.1) is 12.3 Å². The molecule has 2 heterocycles. The van der Waals surface area contributed by atoms with E-state index in [1.165, 1.54) is 0 Å². The van der Waals surface area contributed by atoms with Crippen LogP contribution in [-0.4, -0.2) is 29.7 Å². The van der Waals surface area contributed by atoms with Crippen molar-refractivity contribution in [3.05, 3.63) is 30.1 Å². The molecule has 5 heteroatoms. The minimum absolute atomic E-state index is 0.0668. The lowest BCUT2D eigenvalue weighted by Gasteiger charge is -2.06. The van der Waals surface area contributed by atoms with Crippen LogP contribution in [0.4, 0.5) is 0 Å². The Kier molecular flexibility index (Phi) is 3.61. The topological polar surface area (TPSA) is 66.4 Å². The Hall–Kier alpha value is -1.75. The number of amides is 1. The molecule has 1 aromatic rings. The van der Waals surface area contributed by atoms with E-state index in [2.05, 4.69) is 20.8 Å². The molecule has 1 unspecified atom stereocenters. The summed E-state index contributed by atoms with van der Waals surface area (Å²) in [6.45, 7) is 0.909. The zero-order valence-corrected chi connectivity index (χ0v) is 8.89. The van der Waals surface area contributed by atoms with Crippen LogP contribution in [0.15, 0.2) is 29.6 Å². The van der Waals surface area contributed by atoms with Crippen LogP contribution in [0.2, 0.25) is 0 Å². The number of nitrogens with one attached hydrogen (secondary N) is 2. The zero-order valence-electron chi connectivity index (χ0n) is 8.89. The van der Waals surface area contributed by atoms with Gasteiger partial charge in [0.1, 0.15) is 0 Å². The Morgan fingerprint density at radius 3 is 3.06 bits per heavy atom. The van der Waals surface area contributed by atoms with Gasteiger partial charge in [0.2, 0.25) is 0 Å². The lowest BCUT2D eigenvalue weighted by atomic mass is 10.2. The molecule has 0 aliphatic carbocycles. The normalized spacial score (nSPS) is 20.1. The van der Waals surface area contributed by atoms with Crippen molar-refractivity contribution in [2.45, 2.75) is 18.9 Å². The number of nitrogens with zero attached hydrogens (tertiary/aromatic N) is 2. The van der Waals surface area contributed by atoms with Gasteiger partial charge in [-0.15, -0.1) is 0 Å². The fraction of sp³-hybridized carbons (Fsp3) is 0.364. The first-order valence-corrected chi connectivity index (χ1v) is 5.32. The highest BCUT2D eigenvalue weighted by molar-refractivity contribution is 5.84. The molecular weight excluding hydrogens is 204 g/mol. The number of rotatable bonds is 3. The molecule has 0 spiro atoms. The summed E-state index contributed by atoms with van der Waals surface area (Å²) in [5.41, 5.74) is 3.43. The summed E-state index contributed by atoms with van der Waals surface area (Å²) in [7, 11) is 0. The fourth-order valence-corrected chi connectivity index (χ4v) is 1.61. The minimum atomic E-state index is -0.0883. The molecule has 1 aliphatic rings. The Morgan fingerprint density at radius 2 is 2.38 bits per heavy atom. The average molecular weight is 218 g/mol. The quantitative estimate of drug-likeness (QED) is 0.566. The van der Waals surface area contributed by atoms with Crippen molar-refractivity contribution >= 4 is 12.1 Å². The monoisotopic (exact) mass is 218 g/mol. The fourth-order valence-electron chi connectivity index (χ4n) is 1.61. The summed E-state index contributed by atoms with van der Waals surface area (Å²) >= 11 is 0. The van der Waals surface area contributed by atoms with Crippen LogP contribution in [0, 0.1) is 0 Å². The maximum absolute atomic E-state index is 11.5. The highest BCUT2D eigenvalue weighted by Gasteiger charge is 2.21. The third-order valence-electron chi connectivity index (χ3n) is 2.47. The lowest BCUT2D eigenvalue weighted by Crippen LogP contribution is -2.38. The second-order valence-corrected chi connectivity index (χ2v) is 3.66. The van der Waals surface area contributed by atoms with Gasteiger partial charge >= 0.3 is 0 Å². The first kappa shape index (κ1) is 10.8. The van der Waals surface area contributed by atoms with E-state index in [-0.39, 0.29) is 11.9 Å². The van der Waals surface area contributed by atoms with Gasteiger partial charge in [-0.2, -0.15) is 5.10 Å². The molecule has 0 bridgehead atoms. The number of hydrogen-bond acceptors (Lipinski definition) is 4. The molecule has 1 atom stereocenters. The predicted octanol–water partition coefficient (Wildman–Crippen LogP) is 0.284. The number of aromatic nitrogens is 1. The van der Waals surface area contributed by atoms with Gasteiger partial charge in [-0.3, -0.25) is 9.78 Å². The lowest BCUT2D eigenvalue weighted by molar-refractivity contribution is -0.122. The van der Waals surface area contributed by atoms with Crippen molar-refractivity contribution in [3.63, 3.8) is 0 Å². The summed E-state index contributed by atoms with van der Waals surface area (Å²) in [6, 6.07) is 3.56. The molecule has 1 aliphatic heterocycles. The molecule has 2 N–H and O–H groups in total. The summed E-state index contributed by atoms with van der Waals surface area (Å²) in [4.78, 5) is 15.4. The first-order chi connectivity index (χ1) is 7.86. The minimum Gasteiger partial charge on any atom is -0.306 e. The highest BCUT2D eigenvalue weighted by Crippen LogP contribution is 2.04. The van der Waals surface area contributed by atoms with E-state index < -0.39 is 0 Å². The molecule has 2 rings (SSSR count). The molecule has 1 amide bonds. The second kappa shape index (κ2) is 5.37. The Bertz CT molecular complexity index is 371. The van der Waals surface area contributed by atoms with Crippen molar-refractivity contribution in [1.29, 1.82) is 0 Å². The van der Waals surface area contributed by atoms with Crippen LogP contribution in [0.1, 0.15) is 18.4 Å². The standard InChI is InChI=1S/C11H14N4O/c16-11(10-2-1-5-13-10)15-14-8-9-3-6-12-7-4-9/h3-4,6-8,10,13H,1-2,5H2,(H,15,16). The van der Waals surface area contributed by atoms with E-state index in [1.54, 1.807) is 18.6 Å². The number of hydrazone groups is 1. The van der Waals surface area contributed by atoms with Gasteiger partial charge in [0.15, 0.2) is 0 Å². The molecular formula is C11H14N4O. The summed E-state index contributed by atoms with van der Waals surface area (Å²) in [6.07, 6.45) is 6.90. The van der Waals surface area contributed by atoms with Crippen molar-refractivity contribution in [2.24, 2.45) is 5.10 Å². The van der Waals surface area contributed by atoms with Gasteiger partial charge in [-0.1, -0.05) is 0 Å². The van der Waals surface area contributed by atoms with Crippen LogP contribution in [0.3, 0.4) is 0 Å². The van der Waals surface area contributed by atoms with Crippen molar-refractivity contribution in [1.82, 2.24) is 15.7 Å². The maximum atomic E-state index is 11.5. The molecule has 1 fully saturated rings. The van der Waals surface area contributed by atoms with E-state index in [0.717, 1.165) is 24.9 Å². The molecule has 0 saturated carbocycles. The molecule has 16 heavy (non-hydrogen) atoms. The van der Waals surface area contributed by atoms with E-state index in [1.807, 2.05) is 12.1 Å². The van der Waals surface area contributed by atoms with Crippen LogP contribution >= 0.6 is 0 Å². The van der Waals surface area contributed by atoms with Crippen LogP contribution in [0.5, 0.6) is 0 Å². The largest absolute Gasteiger partial charge is 0.306 e. The molecule has 5 nitrogen and oxygen atoms in total. The number of hydrogen-bond donors (Lipinski definition) is 2. The van der Waals surface area contributed by atoms with Gasteiger partial charge < -0.3 is 5.32 Å². The van der Waals surface area contributed by atoms with E-state index in [0.29, 0.717) is 0 Å². The predicted molar refractivity (Wildman–Crippen MR) is 61.0 cm³/mol. The third-order valence-corrected chi connectivity index (χ3v) is 2.47. The van der Waals surface area contributed by atoms with E-state index in [9.17, 15) is 4.79 Å². The molecule has 1 aromatic heterocycles. The number of carbonyl (C=O) groups is 1. The Balaban J connectivity index is 1.82. The third kappa shape index (κ3) is 2.87. The maximum Gasteiger partial charge on any atom is 0.257 e. The second-order valence-electron chi connectivity index (χ2n) is 3.66. The Morgan fingerprint density at radius 1 is 1.56 bits per heavy atom. The van der Waals surface area contributed by atoms with Gasteiger partial charge in [-0.05, 0) is 37.1 Å². The number of carbonyl (C=O) groups excluding carboxylic acids is 1.